The van der Waals surface area contributed by atoms with E-state index in [4.69, 9.17) is 16.3 Å². The largest absolute Gasteiger partial charge is 0.487 e. The van der Waals surface area contributed by atoms with Crippen LogP contribution in [-0.2, 0) is 6.61 Å². The second kappa shape index (κ2) is 8.84. The third-order valence-electron chi connectivity index (χ3n) is 4.80. The summed E-state index contributed by atoms with van der Waals surface area (Å²) >= 11 is 7.78. The molecule has 150 valence electrons. The molecule has 1 aliphatic heterocycles. The molecule has 0 saturated carbocycles. The van der Waals surface area contributed by atoms with E-state index in [1.165, 1.54) is 0 Å². The van der Waals surface area contributed by atoms with Crippen molar-refractivity contribution < 1.29 is 9.53 Å². The van der Waals surface area contributed by atoms with Crippen LogP contribution in [0.3, 0.4) is 0 Å². The number of rotatable bonds is 6. The summed E-state index contributed by atoms with van der Waals surface area (Å²) in [5, 5.41) is 6.60. The highest BCUT2D eigenvalue weighted by molar-refractivity contribution is 7.09. The molecular formula is C22H22ClN3O2S. The number of amides is 1. The summed E-state index contributed by atoms with van der Waals surface area (Å²) in [7, 11) is 0. The van der Waals surface area contributed by atoms with Crippen molar-refractivity contribution in [2.45, 2.75) is 26.4 Å². The lowest BCUT2D eigenvalue weighted by atomic mass is 10.2. The third kappa shape index (κ3) is 4.89. The number of nitrogens with zero attached hydrogens (tertiary/aromatic N) is 2. The molecule has 0 radical (unpaired) electrons. The number of aromatic nitrogens is 1. The average Bonchev–Trinajstić information content (AvgIpc) is 3.39. The van der Waals surface area contributed by atoms with E-state index in [-0.39, 0.29) is 5.91 Å². The van der Waals surface area contributed by atoms with E-state index in [1.54, 1.807) is 29.5 Å². The second-order valence-electron chi connectivity index (χ2n) is 6.98. The zero-order chi connectivity index (χ0) is 20.2. The fraction of sp³-hybridized carbons (Fsp3) is 0.273. The van der Waals surface area contributed by atoms with Crippen LogP contribution < -0.4 is 15.0 Å². The van der Waals surface area contributed by atoms with Gasteiger partial charge in [0.15, 0.2) is 0 Å². The highest BCUT2D eigenvalue weighted by Crippen LogP contribution is 2.32. The predicted octanol–water partition coefficient (Wildman–Crippen LogP) is 5.54. The Labute approximate surface area is 179 Å². The average molecular weight is 428 g/mol. The van der Waals surface area contributed by atoms with Gasteiger partial charge in [0, 0.05) is 29.1 Å². The van der Waals surface area contributed by atoms with Crippen molar-refractivity contribution in [3.8, 4) is 5.75 Å². The maximum Gasteiger partial charge on any atom is 0.255 e. The number of hydrogen-bond acceptors (Lipinski definition) is 5. The Bertz CT molecular complexity index is 1010. The van der Waals surface area contributed by atoms with Crippen LogP contribution >= 0.6 is 22.9 Å². The Morgan fingerprint density at radius 2 is 2.07 bits per heavy atom. The minimum Gasteiger partial charge on any atom is -0.487 e. The first-order valence-electron chi connectivity index (χ1n) is 9.58. The molecule has 1 N–H and O–H groups in total. The van der Waals surface area contributed by atoms with Gasteiger partial charge in [-0.25, -0.2) is 4.98 Å². The minimum atomic E-state index is -0.192. The van der Waals surface area contributed by atoms with Crippen LogP contribution in [0.1, 0.15) is 33.9 Å². The van der Waals surface area contributed by atoms with Gasteiger partial charge in [-0.3, -0.25) is 4.79 Å². The number of carbonyl (C=O) groups is 1. The molecule has 1 saturated heterocycles. The van der Waals surface area contributed by atoms with Gasteiger partial charge in [-0.2, -0.15) is 0 Å². The number of ether oxygens (including phenoxy) is 1. The van der Waals surface area contributed by atoms with Crippen molar-refractivity contribution in [3.05, 3.63) is 69.1 Å². The van der Waals surface area contributed by atoms with Crippen molar-refractivity contribution in [3.63, 3.8) is 0 Å². The Hall–Kier alpha value is -2.57. The molecule has 4 rings (SSSR count). The SMILES string of the molecule is Cc1nc(COc2cccc(C(=O)Nc3cc(Cl)ccc3N3CCCC3)c2)cs1. The number of nitrogens with one attached hydrogen (secondary N) is 1. The number of aryl methyl sites for hydroxylation is 1. The van der Waals surface area contributed by atoms with Gasteiger partial charge < -0.3 is 15.0 Å². The van der Waals surface area contributed by atoms with Gasteiger partial charge in [-0.15, -0.1) is 11.3 Å². The Balaban J connectivity index is 1.48. The molecular weight excluding hydrogens is 406 g/mol. The van der Waals surface area contributed by atoms with Crippen molar-refractivity contribution >= 4 is 40.2 Å². The summed E-state index contributed by atoms with van der Waals surface area (Å²) < 4.78 is 5.81. The van der Waals surface area contributed by atoms with E-state index < -0.39 is 0 Å². The van der Waals surface area contributed by atoms with Crippen LogP contribution in [0.25, 0.3) is 0 Å². The Morgan fingerprint density at radius 1 is 1.24 bits per heavy atom. The molecule has 1 fully saturated rings. The maximum atomic E-state index is 12.9. The van der Waals surface area contributed by atoms with Crippen molar-refractivity contribution in [1.29, 1.82) is 0 Å². The monoisotopic (exact) mass is 427 g/mol. The van der Waals surface area contributed by atoms with E-state index in [0.29, 0.717) is 22.9 Å². The van der Waals surface area contributed by atoms with Crippen molar-refractivity contribution in [1.82, 2.24) is 4.98 Å². The molecule has 1 aromatic heterocycles. The lowest BCUT2D eigenvalue weighted by Gasteiger charge is -2.22. The molecule has 1 amide bonds. The molecule has 0 aliphatic carbocycles. The topological polar surface area (TPSA) is 54.5 Å². The summed E-state index contributed by atoms with van der Waals surface area (Å²) in [6.45, 7) is 4.32. The quantitative estimate of drug-likeness (QED) is 0.561. The molecule has 0 bridgehead atoms. The third-order valence-corrected chi connectivity index (χ3v) is 5.86. The fourth-order valence-electron chi connectivity index (χ4n) is 3.40. The molecule has 2 heterocycles. The second-order valence-corrected chi connectivity index (χ2v) is 8.48. The Kier molecular flexibility index (Phi) is 6.02. The van der Waals surface area contributed by atoms with E-state index in [0.717, 1.165) is 48.0 Å². The normalized spacial score (nSPS) is 13.5. The Morgan fingerprint density at radius 3 is 2.83 bits per heavy atom. The molecule has 7 heteroatoms. The van der Waals surface area contributed by atoms with Crippen LogP contribution in [0.5, 0.6) is 5.75 Å². The predicted molar refractivity (Wildman–Crippen MR) is 118 cm³/mol. The summed E-state index contributed by atoms with van der Waals surface area (Å²) in [4.78, 5) is 19.6. The van der Waals surface area contributed by atoms with E-state index >= 15 is 0 Å². The smallest absolute Gasteiger partial charge is 0.255 e. The molecule has 29 heavy (non-hydrogen) atoms. The highest BCUT2D eigenvalue weighted by atomic mass is 35.5. The number of carbonyl (C=O) groups excluding carboxylic acids is 1. The first kappa shape index (κ1) is 19.7. The molecule has 0 atom stereocenters. The van der Waals surface area contributed by atoms with Gasteiger partial charge in [0.1, 0.15) is 12.4 Å². The van der Waals surface area contributed by atoms with Crippen LogP contribution in [0.15, 0.2) is 47.8 Å². The lowest BCUT2D eigenvalue weighted by Crippen LogP contribution is -2.21. The molecule has 0 spiro atoms. The van der Waals surface area contributed by atoms with Gasteiger partial charge in [-0.05, 0) is 56.2 Å². The van der Waals surface area contributed by atoms with E-state index in [1.807, 2.05) is 36.6 Å². The van der Waals surface area contributed by atoms with Crippen LogP contribution in [-0.4, -0.2) is 24.0 Å². The summed E-state index contributed by atoms with van der Waals surface area (Å²) in [6.07, 6.45) is 2.32. The van der Waals surface area contributed by atoms with Gasteiger partial charge >= 0.3 is 0 Å². The van der Waals surface area contributed by atoms with Crippen molar-refractivity contribution in [2.24, 2.45) is 0 Å². The van der Waals surface area contributed by atoms with Crippen LogP contribution in [0.2, 0.25) is 5.02 Å². The van der Waals surface area contributed by atoms with Gasteiger partial charge in [-0.1, -0.05) is 17.7 Å². The van der Waals surface area contributed by atoms with E-state index in [2.05, 4.69) is 15.2 Å². The first-order chi connectivity index (χ1) is 14.1. The zero-order valence-electron chi connectivity index (χ0n) is 16.2. The van der Waals surface area contributed by atoms with Gasteiger partial charge in [0.25, 0.3) is 5.91 Å². The number of hydrogen-bond donors (Lipinski definition) is 1. The highest BCUT2D eigenvalue weighted by Gasteiger charge is 2.18. The minimum absolute atomic E-state index is 0.192. The molecule has 1 aliphatic rings. The standard InChI is InChI=1S/C22H22ClN3O2S/c1-15-24-18(14-29-15)13-28-19-6-4-5-16(11-19)22(27)25-20-12-17(23)7-8-21(20)26-9-2-3-10-26/h4-8,11-12,14H,2-3,9-10,13H2,1H3,(H,25,27). The van der Waals surface area contributed by atoms with Crippen molar-refractivity contribution in [2.75, 3.05) is 23.3 Å². The van der Waals surface area contributed by atoms with Gasteiger partial charge in [0.2, 0.25) is 0 Å². The maximum absolute atomic E-state index is 12.9. The summed E-state index contributed by atoms with van der Waals surface area (Å²) in [5.41, 5.74) is 3.15. The zero-order valence-corrected chi connectivity index (χ0v) is 17.7. The van der Waals surface area contributed by atoms with Gasteiger partial charge in [0.05, 0.1) is 22.1 Å². The van der Waals surface area contributed by atoms with E-state index in [9.17, 15) is 4.79 Å². The van der Waals surface area contributed by atoms with Crippen LogP contribution in [0, 0.1) is 6.92 Å². The summed E-state index contributed by atoms with van der Waals surface area (Å²) in [6, 6.07) is 12.8. The number of halogens is 1. The first-order valence-corrected chi connectivity index (χ1v) is 10.8. The number of benzene rings is 2. The number of thiazole rings is 1. The summed E-state index contributed by atoms with van der Waals surface area (Å²) in [5.74, 6) is 0.442. The molecule has 2 aromatic carbocycles. The molecule has 0 unspecified atom stereocenters. The van der Waals surface area contributed by atoms with Crippen LogP contribution in [0.4, 0.5) is 11.4 Å². The number of anilines is 2. The molecule has 3 aromatic rings. The lowest BCUT2D eigenvalue weighted by molar-refractivity contribution is 0.102. The molecule has 5 nitrogen and oxygen atoms in total. The fourth-order valence-corrected chi connectivity index (χ4v) is 4.16.